The van der Waals surface area contributed by atoms with Crippen molar-refractivity contribution in [1.29, 1.82) is 0 Å². The smallest absolute Gasteiger partial charge is 0.313 e. The summed E-state index contributed by atoms with van der Waals surface area (Å²) in [7, 11) is 1.55. The summed E-state index contributed by atoms with van der Waals surface area (Å²) in [5.41, 5.74) is 0.703. The standard InChI is InChI=1S/C13H12F4N2S/c1-18-12(5-9-6-19-7-20-9)10-4-8(14)2-3-11(10)13(15,16)17/h2-4,6-7,12,18H,5H2,1H3. The van der Waals surface area contributed by atoms with Crippen LogP contribution in [0.5, 0.6) is 0 Å². The molecule has 1 heterocycles. The van der Waals surface area contributed by atoms with E-state index in [2.05, 4.69) is 10.3 Å². The van der Waals surface area contributed by atoms with Gasteiger partial charge >= 0.3 is 6.18 Å². The van der Waals surface area contributed by atoms with Crippen LogP contribution in [0.25, 0.3) is 0 Å². The molecule has 1 N–H and O–H groups in total. The van der Waals surface area contributed by atoms with Gasteiger partial charge < -0.3 is 5.32 Å². The molecule has 7 heteroatoms. The van der Waals surface area contributed by atoms with Crippen LogP contribution < -0.4 is 5.32 Å². The van der Waals surface area contributed by atoms with Gasteiger partial charge in [0.1, 0.15) is 5.82 Å². The largest absolute Gasteiger partial charge is 0.416 e. The summed E-state index contributed by atoms with van der Waals surface area (Å²) in [5.74, 6) is -0.683. The number of aromatic nitrogens is 1. The van der Waals surface area contributed by atoms with Crippen LogP contribution in [-0.2, 0) is 12.6 Å². The number of likely N-dealkylation sites (N-methyl/N-ethyl adjacent to an activating group) is 1. The van der Waals surface area contributed by atoms with Crippen LogP contribution in [0.4, 0.5) is 17.6 Å². The molecule has 0 aliphatic heterocycles. The number of hydrogen-bond donors (Lipinski definition) is 1. The molecule has 0 saturated carbocycles. The summed E-state index contributed by atoms with van der Waals surface area (Å²) in [6.07, 6.45) is -2.58. The molecule has 0 radical (unpaired) electrons. The molecule has 1 aromatic heterocycles. The van der Waals surface area contributed by atoms with E-state index < -0.39 is 23.6 Å². The lowest BCUT2D eigenvalue weighted by Gasteiger charge is -2.21. The highest BCUT2D eigenvalue weighted by Gasteiger charge is 2.35. The van der Waals surface area contributed by atoms with Gasteiger partial charge in [-0.1, -0.05) is 0 Å². The van der Waals surface area contributed by atoms with Gasteiger partial charge in [0, 0.05) is 23.5 Å². The molecule has 1 unspecified atom stereocenters. The highest BCUT2D eigenvalue weighted by Crippen LogP contribution is 2.36. The van der Waals surface area contributed by atoms with Gasteiger partial charge in [-0.25, -0.2) is 4.39 Å². The Labute approximate surface area is 117 Å². The van der Waals surface area contributed by atoms with Gasteiger partial charge in [0.15, 0.2) is 0 Å². The quantitative estimate of drug-likeness (QED) is 0.869. The molecular formula is C13H12F4N2S. The number of thiazole rings is 1. The van der Waals surface area contributed by atoms with Crippen molar-refractivity contribution in [2.45, 2.75) is 18.6 Å². The Morgan fingerprint density at radius 2 is 2.10 bits per heavy atom. The van der Waals surface area contributed by atoms with Crippen molar-refractivity contribution in [2.24, 2.45) is 0 Å². The maximum atomic E-state index is 13.3. The van der Waals surface area contributed by atoms with Crippen molar-refractivity contribution in [3.63, 3.8) is 0 Å². The van der Waals surface area contributed by atoms with E-state index in [0.717, 1.165) is 23.1 Å². The Morgan fingerprint density at radius 1 is 1.35 bits per heavy atom. The maximum absolute atomic E-state index is 13.3. The maximum Gasteiger partial charge on any atom is 0.416 e. The van der Waals surface area contributed by atoms with E-state index in [1.807, 2.05) is 0 Å². The fourth-order valence-electron chi connectivity index (χ4n) is 1.99. The molecule has 0 aliphatic rings. The van der Waals surface area contributed by atoms with Crippen molar-refractivity contribution in [2.75, 3.05) is 7.05 Å². The summed E-state index contributed by atoms with van der Waals surface area (Å²) in [6, 6.07) is 1.92. The predicted octanol–water partition coefficient (Wildman–Crippen LogP) is 3.80. The van der Waals surface area contributed by atoms with Crippen LogP contribution in [0, 0.1) is 5.82 Å². The lowest BCUT2D eigenvalue weighted by Crippen LogP contribution is -2.22. The number of nitrogens with zero attached hydrogens (tertiary/aromatic N) is 1. The van der Waals surface area contributed by atoms with Gasteiger partial charge in [0.05, 0.1) is 11.1 Å². The number of hydrogen-bond acceptors (Lipinski definition) is 3. The van der Waals surface area contributed by atoms with Crippen LogP contribution in [0.1, 0.15) is 22.0 Å². The van der Waals surface area contributed by atoms with Gasteiger partial charge in [-0.3, -0.25) is 4.98 Å². The number of nitrogens with one attached hydrogen (secondary N) is 1. The van der Waals surface area contributed by atoms with Crippen LogP contribution >= 0.6 is 11.3 Å². The summed E-state index contributed by atoms with van der Waals surface area (Å²) in [4.78, 5) is 4.72. The van der Waals surface area contributed by atoms with E-state index in [1.165, 1.54) is 11.3 Å². The Balaban J connectivity index is 2.40. The Bertz CT molecular complexity index is 566. The summed E-state index contributed by atoms with van der Waals surface area (Å²) < 4.78 is 52.3. The molecular weight excluding hydrogens is 292 g/mol. The summed E-state index contributed by atoms with van der Waals surface area (Å²) in [5, 5.41) is 2.81. The number of rotatable bonds is 4. The molecule has 0 aliphatic carbocycles. The van der Waals surface area contributed by atoms with E-state index in [0.29, 0.717) is 6.42 Å². The van der Waals surface area contributed by atoms with Crippen molar-refractivity contribution in [1.82, 2.24) is 10.3 Å². The highest BCUT2D eigenvalue weighted by atomic mass is 32.1. The molecule has 20 heavy (non-hydrogen) atoms. The predicted molar refractivity (Wildman–Crippen MR) is 69.0 cm³/mol. The Morgan fingerprint density at radius 3 is 2.65 bits per heavy atom. The zero-order chi connectivity index (χ0) is 14.8. The molecule has 0 spiro atoms. The average molecular weight is 304 g/mol. The summed E-state index contributed by atoms with van der Waals surface area (Å²) in [6.45, 7) is 0. The van der Waals surface area contributed by atoms with Gasteiger partial charge in [-0.05, 0) is 30.8 Å². The zero-order valence-corrected chi connectivity index (χ0v) is 11.4. The normalized spacial score (nSPS) is 13.4. The second-order valence-electron chi connectivity index (χ2n) is 4.24. The Hall–Kier alpha value is -1.47. The minimum absolute atomic E-state index is 0.0894. The van der Waals surface area contributed by atoms with E-state index in [4.69, 9.17) is 0 Å². The first-order chi connectivity index (χ1) is 9.41. The molecule has 1 aromatic carbocycles. The minimum atomic E-state index is -4.51. The van der Waals surface area contributed by atoms with Crippen LogP contribution in [-0.4, -0.2) is 12.0 Å². The molecule has 0 saturated heterocycles. The fraction of sp³-hybridized carbons (Fsp3) is 0.308. The average Bonchev–Trinajstić information content (AvgIpc) is 2.87. The lowest BCUT2D eigenvalue weighted by atomic mass is 9.97. The van der Waals surface area contributed by atoms with Crippen LogP contribution in [0.2, 0.25) is 0 Å². The van der Waals surface area contributed by atoms with Crippen molar-refractivity contribution >= 4 is 11.3 Å². The molecule has 2 nitrogen and oxygen atoms in total. The third-order valence-corrected chi connectivity index (χ3v) is 3.73. The molecule has 0 fully saturated rings. The van der Waals surface area contributed by atoms with E-state index >= 15 is 0 Å². The number of halogens is 4. The molecule has 108 valence electrons. The minimum Gasteiger partial charge on any atom is -0.313 e. The Kier molecular flexibility index (Phi) is 4.39. The van der Waals surface area contributed by atoms with Gasteiger partial charge in [0.2, 0.25) is 0 Å². The van der Waals surface area contributed by atoms with Crippen molar-refractivity contribution in [3.8, 4) is 0 Å². The molecule has 0 bridgehead atoms. The number of alkyl halides is 3. The van der Waals surface area contributed by atoms with E-state index in [-0.39, 0.29) is 5.56 Å². The molecule has 2 rings (SSSR count). The fourth-order valence-corrected chi connectivity index (χ4v) is 2.63. The number of benzene rings is 1. The lowest BCUT2D eigenvalue weighted by molar-refractivity contribution is -0.138. The van der Waals surface area contributed by atoms with Crippen LogP contribution in [0.15, 0.2) is 29.9 Å². The first-order valence-electron chi connectivity index (χ1n) is 5.83. The van der Waals surface area contributed by atoms with Gasteiger partial charge in [-0.2, -0.15) is 13.2 Å². The third kappa shape index (κ3) is 3.34. The summed E-state index contributed by atoms with van der Waals surface area (Å²) >= 11 is 1.35. The second-order valence-corrected chi connectivity index (χ2v) is 5.21. The topological polar surface area (TPSA) is 24.9 Å². The molecule has 2 aromatic rings. The van der Waals surface area contributed by atoms with Crippen molar-refractivity contribution < 1.29 is 17.6 Å². The highest BCUT2D eigenvalue weighted by molar-refractivity contribution is 7.09. The third-order valence-electron chi connectivity index (χ3n) is 2.93. The monoisotopic (exact) mass is 304 g/mol. The van der Waals surface area contributed by atoms with E-state index in [9.17, 15) is 17.6 Å². The second kappa shape index (κ2) is 5.88. The van der Waals surface area contributed by atoms with Gasteiger partial charge in [-0.15, -0.1) is 11.3 Å². The van der Waals surface area contributed by atoms with Gasteiger partial charge in [0.25, 0.3) is 0 Å². The van der Waals surface area contributed by atoms with E-state index in [1.54, 1.807) is 18.8 Å². The molecule has 0 amide bonds. The SMILES string of the molecule is CNC(Cc1cncs1)c1cc(F)ccc1C(F)(F)F. The zero-order valence-electron chi connectivity index (χ0n) is 10.5. The first kappa shape index (κ1) is 14.9. The first-order valence-corrected chi connectivity index (χ1v) is 6.71. The van der Waals surface area contributed by atoms with Crippen molar-refractivity contribution in [3.05, 3.63) is 51.7 Å². The van der Waals surface area contributed by atoms with Crippen LogP contribution in [0.3, 0.4) is 0 Å². The molecule has 1 atom stereocenters.